The molecule has 1 aromatic carbocycles. The van der Waals surface area contributed by atoms with Crippen LogP contribution < -0.4 is 21.3 Å². The predicted molar refractivity (Wildman–Crippen MR) is 99.9 cm³/mol. The average molecular weight is 406 g/mol. The van der Waals surface area contributed by atoms with Gasteiger partial charge in [-0.25, -0.2) is 13.1 Å². The molecule has 0 saturated carbocycles. The molecule has 0 bridgehead atoms. The van der Waals surface area contributed by atoms with Crippen molar-refractivity contribution in [3.8, 4) is 5.69 Å². The minimum absolute atomic E-state index is 0.00867. The van der Waals surface area contributed by atoms with Gasteiger partial charge in [-0.1, -0.05) is 0 Å². The Morgan fingerprint density at radius 2 is 1.82 bits per heavy atom. The van der Waals surface area contributed by atoms with E-state index < -0.39 is 27.4 Å². The van der Waals surface area contributed by atoms with Crippen molar-refractivity contribution in [3.05, 3.63) is 51.8 Å². The number of benzene rings is 1. The molecule has 148 valence electrons. The van der Waals surface area contributed by atoms with E-state index in [1.54, 1.807) is 0 Å². The predicted octanol–water partition coefficient (Wildman–Crippen LogP) is -0.382. The number of carbonyl (C=O) groups is 2. The summed E-state index contributed by atoms with van der Waals surface area (Å²) >= 11 is 0. The largest absolute Gasteiger partial charge is 0.385 e. The van der Waals surface area contributed by atoms with Crippen LogP contribution in [0.1, 0.15) is 27.1 Å². The van der Waals surface area contributed by atoms with Crippen LogP contribution in [0.2, 0.25) is 0 Å². The summed E-state index contributed by atoms with van der Waals surface area (Å²) in [5.41, 5.74) is 5.43. The molecular weight excluding hydrogens is 388 g/mol. The van der Waals surface area contributed by atoms with Gasteiger partial charge in [0.2, 0.25) is 10.0 Å². The quantitative estimate of drug-likeness (QED) is 0.419. The van der Waals surface area contributed by atoms with Crippen LogP contribution in [0.3, 0.4) is 0 Å². The van der Waals surface area contributed by atoms with Gasteiger partial charge in [-0.15, -0.1) is 0 Å². The molecule has 11 heteroatoms. The fourth-order valence-electron chi connectivity index (χ4n) is 2.83. The maximum atomic E-state index is 12.4. The highest BCUT2D eigenvalue weighted by Gasteiger charge is 2.31. The van der Waals surface area contributed by atoms with Crippen LogP contribution in [0, 0.1) is 0 Å². The number of nitrogens with two attached hydrogens (primary N) is 1. The van der Waals surface area contributed by atoms with Gasteiger partial charge >= 0.3 is 0 Å². The Morgan fingerprint density at radius 1 is 1.14 bits per heavy atom. The zero-order valence-electron chi connectivity index (χ0n) is 14.9. The van der Waals surface area contributed by atoms with Gasteiger partial charge in [0.15, 0.2) is 0 Å². The second-order valence-electron chi connectivity index (χ2n) is 6.01. The molecule has 4 N–H and O–H groups in total. The molecule has 2 aromatic rings. The van der Waals surface area contributed by atoms with Crippen molar-refractivity contribution in [2.24, 2.45) is 0 Å². The summed E-state index contributed by atoms with van der Waals surface area (Å²) in [6.45, 7) is 0.649. The number of imide groups is 1. The molecular formula is C17H18N4O6S. The molecule has 10 nitrogen and oxygen atoms in total. The van der Waals surface area contributed by atoms with Crippen LogP contribution in [0.5, 0.6) is 0 Å². The Labute approximate surface area is 160 Å². The molecule has 1 aliphatic rings. The Bertz CT molecular complexity index is 1110. The lowest BCUT2D eigenvalue weighted by molar-refractivity contribution is 0.0880. The highest BCUT2D eigenvalue weighted by molar-refractivity contribution is 7.89. The summed E-state index contributed by atoms with van der Waals surface area (Å²) in [4.78, 5) is 36.0. The summed E-state index contributed by atoms with van der Waals surface area (Å²) in [5.74, 6) is -1.57. The number of hydrogen-bond acceptors (Lipinski definition) is 7. The zero-order valence-corrected chi connectivity index (χ0v) is 15.7. The van der Waals surface area contributed by atoms with Crippen LogP contribution in [-0.4, -0.2) is 45.1 Å². The highest BCUT2D eigenvalue weighted by atomic mass is 32.2. The minimum Gasteiger partial charge on any atom is -0.385 e. The number of sulfonamides is 1. The van der Waals surface area contributed by atoms with Crippen molar-refractivity contribution in [1.82, 2.24) is 14.6 Å². The normalized spacial score (nSPS) is 13.5. The van der Waals surface area contributed by atoms with E-state index in [0.717, 1.165) is 10.6 Å². The number of rotatable bonds is 7. The highest BCUT2D eigenvalue weighted by Crippen LogP contribution is 2.23. The first kappa shape index (κ1) is 19.7. The number of hydrogen-bond donors (Lipinski definition) is 3. The molecule has 0 saturated heterocycles. The van der Waals surface area contributed by atoms with Crippen molar-refractivity contribution >= 4 is 27.7 Å². The molecule has 28 heavy (non-hydrogen) atoms. The minimum atomic E-state index is -3.72. The first-order chi connectivity index (χ1) is 13.3. The van der Waals surface area contributed by atoms with Gasteiger partial charge in [0.25, 0.3) is 17.4 Å². The maximum absolute atomic E-state index is 12.4. The molecule has 1 aromatic heterocycles. The molecule has 2 amide bonds. The summed E-state index contributed by atoms with van der Waals surface area (Å²) in [6.07, 6.45) is 0.523. The second kappa shape index (κ2) is 7.54. The number of nitrogen functional groups attached to an aromatic ring is 1. The fourth-order valence-corrected chi connectivity index (χ4v) is 3.90. The van der Waals surface area contributed by atoms with Crippen molar-refractivity contribution < 1.29 is 22.7 Å². The van der Waals surface area contributed by atoms with Gasteiger partial charge in [-0.3, -0.25) is 24.3 Å². The Balaban J connectivity index is 1.93. The van der Waals surface area contributed by atoms with Gasteiger partial charge in [-0.05, 0) is 30.7 Å². The van der Waals surface area contributed by atoms with Gasteiger partial charge in [-0.2, -0.15) is 0 Å². The fraction of sp³-hybridized carbons (Fsp3) is 0.235. The second-order valence-corrected chi connectivity index (χ2v) is 7.78. The standard InChI is InChI=1S/C17H18N4O6S/c1-27-8-2-7-19-28(25,26)11-5-3-10(4-6-11)21-13(22)9-12-14(15(21)18)17(24)20-16(12)23/h3-6,9,19H,2,7-8,18H2,1H3,(H,20,23,24). The van der Waals surface area contributed by atoms with Crippen LogP contribution >= 0.6 is 0 Å². The van der Waals surface area contributed by atoms with Crippen LogP contribution in [0.25, 0.3) is 5.69 Å². The summed E-state index contributed by atoms with van der Waals surface area (Å²) in [7, 11) is -2.19. The number of amides is 2. The number of methoxy groups -OCH3 is 1. The van der Waals surface area contributed by atoms with Crippen molar-refractivity contribution in [2.75, 3.05) is 26.0 Å². The number of pyridine rings is 1. The first-order valence-electron chi connectivity index (χ1n) is 8.26. The summed E-state index contributed by atoms with van der Waals surface area (Å²) in [6, 6.07) is 6.44. The lowest BCUT2D eigenvalue weighted by Crippen LogP contribution is -2.26. The molecule has 0 fully saturated rings. The number of anilines is 1. The molecule has 0 spiro atoms. The van der Waals surface area contributed by atoms with Crippen LogP contribution in [-0.2, 0) is 14.8 Å². The average Bonchev–Trinajstić information content (AvgIpc) is 2.93. The number of aromatic nitrogens is 1. The summed E-state index contributed by atoms with van der Waals surface area (Å²) < 4.78 is 32.9. The van der Waals surface area contributed by atoms with Gasteiger partial charge in [0.05, 0.1) is 21.7 Å². The van der Waals surface area contributed by atoms with E-state index in [0.29, 0.717) is 13.0 Å². The smallest absolute Gasteiger partial charge is 0.262 e. The molecule has 0 unspecified atom stereocenters. The Kier molecular flexibility index (Phi) is 5.31. The van der Waals surface area contributed by atoms with Crippen molar-refractivity contribution in [2.45, 2.75) is 11.3 Å². The third kappa shape index (κ3) is 3.54. The van der Waals surface area contributed by atoms with Crippen LogP contribution in [0.15, 0.2) is 40.0 Å². The number of carbonyl (C=O) groups excluding carboxylic acids is 2. The topological polar surface area (TPSA) is 150 Å². The number of nitrogens with one attached hydrogen (secondary N) is 2. The number of nitrogens with zero attached hydrogens (tertiary/aromatic N) is 1. The molecule has 2 heterocycles. The molecule has 0 aliphatic carbocycles. The van der Waals surface area contributed by atoms with E-state index in [-0.39, 0.29) is 34.1 Å². The van der Waals surface area contributed by atoms with Gasteiger partial charge < -0.3 is 10.5 Å². The third-order valence-corrected chi connectivity index (χ3v) is 5.65. The van der Waals surface area contributed by atoms with Gasteiger partial charge in [0.1, 0.15) is 5.82 Å². The van der Waals surface area contributed by atoms with E-state index >= 15 is 0 Å². The SMILES string of the molecule is COCCCNS(=O)(=O)c1ccc(-n2c(N)c3c(cc2=O)C(=O)NC3=O)cc1. The Hall–Kier alpha value is -3.02. The third-order valence-electron chi connectivity index (χ3n) is 4.18. The molecule has 0 atom stereocenters. The lowest BCUT2D eigenvalue weighted by atomic mass is 10.1. The van der Waals surface area contributed by atoms with Crippen LogP contribution in [0.4, 0.5) is 5.82 Å². The number of ether oxygens (including phenoxy) is 1. The Morgan fingerprint density at radius 3 is 2.46 bits per heavy atom. The van der Waals surface area contributed by atoms with Crippen molar-refractivity contribution in [3.63, 3.8) is 0 Å². The van der Waals surface area contributed by atoms with E-state index in [1.165, 1.54) is 31.4 Å². The van der Waals surface area contributed by atoms with E-state index in [1.807, 2.05) is 0 Å². The zero-order chi connectivity index (χ0) is 20.5. The molecule has 1 aliphatic heterocycles. The van der Waals surface area contributed by atoms with Gasteiger partial charge in [0, 0.05) is 26.3 Å². The molecule has 3 rings (SSSR count). The molecule has 0 radical (unpaired) electrons. The van der Waals surface area contributed by atoms with E-state index in [9.17, 15) is 22.8 Å². The maximum Gasteiger partial charge on any atom is 0.262 e. The van der Waals surface area contributed by atoms with Crippen molar-refractivity contribution in [1.29, 1.82) is 0 Å². The number of fused-ring (bicyclic) bond motifs is 1. The van der Waals surface area contributed by atoms with E-state index in [2.05, 4.69) is 10.0 Å². The lowest BCUT2D eigenvalue weighted by Gasteiger charge is -2.12. The van der Waals surface area contributed by atoms with E-state index in [4.69, 9.17) is 10.5 Å². The summed E-state index contributed by atoms with van der Waals surface area (Å²) in [5, 5.41) is 2.08. The monoisotopic (exact) mass is 406 g/mol. The first-order valence-corrected chi connectivity index (χ1v) is 9.75.